The number of hydrogen-bond donors (Lipinski definition) is 0. The smallest absolute Gasteiger partial charge is 0.268 e. The number of rotatable bonds is 6. The Kier molecular flexibility index (Phi) is 8.04. The van der Waals surface area contributed by atoms with Gasteiger partial charge in [-0.2, -0.15) is 5.26 Å². The van der Waals surface area contributed by atoms with Crippen molar-refractivity contribution in [2.45, 2.75) is 0 Å². The molecule has 1 aliphatic heterocycles. The quantitative estimate of drug-likeness (QED) is 0.125. The lowest BCUT2D eigenvalue weighted by Crippen LogP contribution is -2.30. The molecule has 10 rings (SSSR count). The van der Waals surface area contributed by atoms with E-state index in [1.54, 1.807) is 24.5 Å². The highest BCUT2D eigenvalue weighted by Crippen LogP contribution is 2.45. The number of carbonyl (C=O) groups is 2. The van der Waals surface area contributed by atoms with Gasteiger partial charge in [0.05, 0.1) is 45.7 Å². The molecular formula is C50H28N6O2. The molecule has 1 aliphatic rings. The molecular weight excluding hydrogens is 717 g/mol. The van der Waals surface area contributed by atoms with E-state index in [0.29, 0.717) is 33.8 Å². The normalized spacial score (nSPS) is 12.1. The number of aromatic nitrogens is 3. The molecule has 2 amide bonds. The minimum absolute atomic E-state index is 0.307. The van der Waals surface area contributed by atoms with Crippen LogP contribution in [0.4, 0.5) is 11.4 Å². The zero-order chi connectivity index (χ0) is 39.3. The first-order valence-electron chi connectivity index (χ1n) is 18.5. The molecule has 0 unspecified atom stereocenters. The van der Waals surface area contributed by atoms with Gasteiger partial charge in [0.2, 0.25) is 5.69 Å². The standard InChI is InChI=1S/C50H28N6O2/c1-52-38-23-37(29-54-30-38)35-19-21-45-43(25-35)42-24-34(36-22-31(26-51)27-53-28-36)18-20-44(42)55(45)46-17-9-16-41-47(46)50(58)56(49(41)57)48-39(32-10-4-2-5-11-32)14-8-15-40(48)33-12-6-3-7-13-33/h2-25,27-30H. The Hall–Kier alpha value is -8.46. The van der Waals surface area contributed by atoms with Gasteiger partial charge in [0, 0.05) is 52.3 Å². The van der Waals surface area contributed by atoms with Crippen LogP contribution in [0, 0.1) is 17.9 Å². The largest absolute Gasteiger partial charge is 0.308 e. The average molecular weight is 745 g/mol. The van der Waals surface area contributed by atoms with Gasteiger partial charge in [0.15, 0.2) is 0 Å². The highest BCUT2D eigenvalue weighted by molar-refractivity contribution is 6.37. The Bertz CT molecular complexity index is 3080. The first-order valence-corrected chi connectivity index (χ1v) is 18.5. The van der Waals surface area contributed by atoms with Crippen molar-refractivity contribution in [3.63, 3.8) is 0 Å². The molecule has 0 saturated heterocycles. The van der Waals surface area contributed by atoms with Crippen molar-refractivity contribution in [2.24, 2.45) is 0 Å². The summed E-state index contributed by atoms with van der Waals surface area (Å²) in [5, 5.41) is 11.4. The predicted molar refractivity (Wildman–Crippen MR) is 227 cm³/mol. The molecule has 270 valence electrons. The van der Waals surface area contributed by atoms with Crippen molar-refractivity contribution in [1.29, 1.82) is 5.26 Å². The van der Waals surface area contributed by atoms with E-state index in [2.05, 4.69) is 33.0 Å². The van der Waals surface area contributed by atoms with Gasteiger partial charge in [-0.15, -0.1) is 0 Å². The molecule has 0 bridgehead atoms. The summed E-state index contributed by atoms with van der Waals surface area (Å²) in [5.41, 5.74) is 10.8. The molecule has 58 heavy (non-hydrogen) atoms. The molecule has 0 radical (unpaired) electrons. The molecule has 0 spiro atoms. The third kappa shape index (κ3) is 5.44. The summed E-state index contributed by atoms with van der Waals surface area (Å²) >= 11 is 0. The maximum Gasteiger partial charge on any atom is 0.268 e. The topological polar surface area (TPSA) is 96.2 Å². The molecule has 6 aromatic carbocycles. The lowest BCUT2D eigenvalue weighted by molar-refractivity contribution is 0.0926. The summed E-state index contributed by atoms with van der Waals surface area (Å²) in [7, 11) is 0. The Labute approximate surface area is 333 Å². The molecule has 3 aromatic heterocycles. The van der Waals surface area contributed by atoms with Crippen LogP contribution in [0.1, 0.15) is 26.3 Å². The Morgan fingerprint density at radius 1 is 0.534 bits per heavy atom. The minimum Gasteiger partial charge on any atom is -0.308 e. The fraction of sp³-hybridized carbons (Fsp3) is 0. The number of pyridine rings is 2. The second kappa shape index (κ2) is 13.7. The van der Waals surface area contributed by atoms with Crippen molar-refractivity contribution in [2.75, 3.05) is 4.90 Å². The summed E-state index contributed by atoms with van der Waals surface area (Å²) < 4.78 is 2.05. The number of anilines is 1. The fourth-order valence-electron chi connectivity index (χ4n) is 8.09. The SMILES string of the molecule is [C-]#[N+]c1cncc(-c2ccc3c(c2)c2cc(-c4cncc(C#N)c4)ccc2n3-c2cccc3c2C(=O)N(c2c(-c4ccccc4)cccc2-c2ccccc2)C3=O)c1. The summed E-state index contributed by atoms with van der Waals surface area (Å²) in [6.45, 7) is 7.55. The second-order valence-corrected chi connectivity index (χ2v) is 14.0. The molecule has 4 heterocycles. The van der Waals surface area contributed by atoms with Crippen LogP contribution in [-0.2, 0) is 0 Å². The highest BCUT2D eigenvalue weighted by Gasteiger charge is 2.41. The fourth-order valence-corrected chi connectivity index (χ4v) is 8.09. The molecule has 8 heteroatoms. The van der Waals surface area contributed by atoms with Gasteiger partial charge >= 0.3 is 0 Å². The monoisotopic (exact) mass is 744 g/mol. The van der Waals surface area contributed by atoms with Gasteiger partial charge in [-0.05, 0) is 76.3 Å². The van der Waals surface area contributed by atoms with E-state index >= 15 is 4.79 Å². The van der Waals surface area contributed by atoms with Gasteiger partial charge in [0.1, 0.15) is 6.07 Å². The average Bonchev–Trinajstić information content (AvgIpc) is 3.75. The van der Waals surface area contributed by atoms with Gasteiger partial charge in [-0.25, -0.2) is 9.74 Å². The van der Waals surface area contributed by atoms with Crippen LogP contribution >= 0.6 is 0 Å². The van der Waals surface area contributed by atoms with Crippen LogP contribution in [0.2, 0.25) is 0 Å². The minimum atomic E-state index is -0.416. The number of nitrogens with zero attached hydrogens (tertiary/aromatic N) is 6. The van der Waals surface area contributed by atoms with Gasteiger partial charge in [-0.1, -0.05) is 97.1 Å². The van der Waals surface area contributed by atoms with Crippen LogP contribution in [0.15, 0.2) is 170 Å². The van der Waals surface area contributed by atoms with E-state index in [0.717, 1.165) is 66.3 Å². The number of amides is 2. The van der Waals surface area contributed by atoms with Crippen LogP contribution in [0.5, 0.6) is 0 Å². The second-order valence-electron chi connectivity index (χ2n) is 14.0. The summed E-state index contributed by atoms with van der Waals surface area (Å²) in [4.78, 5) is 43.5. The third-order valence-electron chi connectivity index (χ3n) is 10.7. The van der Waals surface area contributed by atoms with Gasteiger partial charge in [-0.3, -0.25) is 19.6 Å². The van der Waals surface area contributed by atoms with Crippen molar-refractivity contribution in [3.05, 3.63) is 198 Å². The zero-order valence-electron chi connectivity index (χ0n) is 30.7. The zero-order valence-corrected chi connectivity index (χ0v) is 30.7. The highest BCUT2D eigenvalue weighted by atomic mass is 16.2. The molecule has 0 aliphatic carbocycles. The number of fused-ring (bicyclic) bond motifs is 4. The van der Waals surface area contributed by atoms with Crippen molar-refractivity contribution in [1.82, 2.24) is 14.5 Å². The van der Waals surface area contributed by atoms with Crippen LogP contribution < -0.4 is 4.90 Å². The van der Waals surface area contributed by atoms with Crippen LogP contribution in [-0.4, -0.2) is 26.3 Å². The number of imide groups is 1. The van der Waals surface area contributed by atoms with Gasteiger partial charge < -0.3 is 4.57 Å². The van der Waals surface area contributed by atoms with Crippen molar-refractivity contribution in [3.8, 4) is 56.3 Å². The summed E-state index contributed by atoms with van der Waals surface area (Å²) in [6, 6.07) is 48.8. The predicted octanol–water partition coefficient (Wildman–Crippen LogP) is 11.5. The van der Waals surface area contributed by atoms with Crippen molar-refractivity contribution >= 4 is 45.0 Å². The van der Waals surface area contributed by atoms with E-state index in [1.165, 1.54) is 17.3 Å². The first kappa shape index (κ1) is 34.1. The maximum absolute atomic E-state index is 15.2. The maximum atomic E-state index is 15.2. The van der Waals surface area contributed by atoms with Crippen LogP contribution in [0.3, 0.4) is 0 Å². The van der Waals surface area contributed by atoms with E-state index in [-0.39, 0.29) is 0 Å². The van der Waals surface area contributed by atoms with Crippen LogP contribution in [0.25, 0.3) is 76.8 Å². The lowest BCUT2D eigenvalue weighted by atomic mass is 9.95. The number of carbonyl (C=O) groups excluding carboxylic acids is 2. The van der Waals surface area contributed by atoms with E-state index in [1.807, 2.05) is 126 Å². The van der Waals surface area contributed by atoms with E-state index in [4.69, 9.17) is 6.57 Å². The molecule has 0 saturated carbocycles. The van der Waals surface area contributed by atoms with E-state index < -0.39 is 11.8 Å². The summed E-state index contributed by atoms with van der Waals surface area (Å²) in [5.74, 6) is -0.814. The molecule has 0 atom stereocenters. The Balaban J connectivity index is 1.20. The Morgan fingerprint density at radius 2 is 1.10 bits per heavy atom. The number of nitriles is 1. The number of para-hydroxylation sites is 1. The number of benzene rings is 6. The molecule has 0 N–H and O–H groups in total. The summed E-state index contributed by atoms with van der Waals surface area (Å²) in [6.07, 6.45) is 6.53. The number of hydrogen-bond acceptors (Lipinski definition) is 5. The Morgan fingerprint density at radius 3 is 1.71 bits per heavy atom. The third-order valence-corrected chi connectivity index (χ3v) is 10.7. The van der Waals surface area contributed by atoms with Crippen molar-refractivity contribution < 1.29 is 9.59 Å². The first-order chi connectivity index (χ1) is 28.5. The molecule has 8 nitrogen and oxygen atoms in total. The van der Waals surface area contributed by atoms with E-state index in [9.17, 15) is 10.1 Å². The molecule has 0 fully saturated rings. The molecule has 9 aromatic rings. The van der Waals surface area contributed by atoms with Gasteiger partial charge in [0.25, 0.3) is 11.8 Å². The lowest BCUT2D eigenvalue weighted by Gasteiger charge is -2.23.